The highest BCUT2D eigenvalue weighted by atomic mass is 16.3. The molecule has 2 nitrogen and oxygen atoms in total. The van der Waals surface area contributed by atoms with E-state index in [0.29, 0.717) is 10.8 Å². The normalized spacial score (nSPS) is 12.5. The summed E-state index contributed by atoms with van der Waals surface area (Å²) in [6.45, 7) is 13.8. The van der Waals surface area contributed by atoms with Crippen LogP contribution in [0.1, 0.15) is 104 Å². The number of unbranched alkanes of at least 4 members (excludes halogenated alkanes) is 3. The van der Waals surface area contributed by atoms with Crippen molar-refractivity contribution in [3.8, 4) is 11.5 Å². The molecule has 0 aliphatic heterocycles. The first kappa shape index (κ1) is 22.9. The van der Waals surface area contributed by atoms with Crippen LogP contribution in [-0.2, 0) is 12.8 Å². The number of phenols is 2. The molecule has 0 saturated carbocycles. The molecule has 2 N–H and O–H groups in total. The topological polar surface area (TPSA) is 40.5 Å². The minimum absolute atomic E-state index is 0.0189. The van der Waals surface area contributed by atoms with E-state index >= 15 is 0 Å². The lowest BCUT2D eigenvalue weighted by molar-refractivity contribution is 0.309. The molecule has 0 spiro atoms. The van der Waals surface area contributed by atoms with Crippen molar-refractivity contribution in [2.45, 2.75) is 106 Å². The summed E-state index contributed by atoms with van der Waals surface area (Å²) in [5.74, 6) is 0.0379. The van der Waals surface area contributed by atoms with Crippen molar-refractivity contribution < 1.29 is 10.2 Å². The highest BCUT2D eigenvalue weighted by Gasteiger charge is 2.15. The molecule has 0 bridgehead atoms. The molecule has 0 aliphatic rings. The van der Waals surface area contributed by atoms with E-state index in [1.165, 1.54) is 49.7 Å². The molecule has 0 amide bonds. The Bertz CT molecular complexity index is 538. The van der Waals surface area contributed by atoms with Crippen LogP contribution in [0.2, 0.25) is 0 Å². The molecule has 150 valence electrons. The summed E-state index contributed by atoms with van der Waals surface area (Å²) in [7, 11) is 0. The van der Waals surface area contributed by atoms with Crippen molar-refractivity contribution in [3.63, 3.8) is 0 Å². The summed E-state index contributed by atoms with van der Waals surface area (Å²) in [5, 5.41) is 19.8. The van der Waals surface area contributed by atoms with E-state index in [1.807, 2.05) is 0 Å². The molecule has 0 saturated heterocycles. The second kappa shape index (κ2) is 10.2. The fraction of sp³-hybridized carbons (Fsp3) is 0.750. The molecule has 0 radical (unpaired) electrons. The zero-order chi connectivity index (χ0) is 19.8. The summed E-state index contributed by atoms with van der Waals surface area (Å²) in [5.41, 5.74) is 3.26. The van der Waals surface area contributed by atoms with Gasteiger partial charge in [-0.05, 0) is 72.6 Å². The van der Waals surface area contributed by atoms with Gasteiger partial charge < -0.3 is 10.2 Å². The van der Waals surface area contributed by atoms with Crippen LogP contribution >= 0.6 is 0 Å². The van der Waals surface area contributed by atoms with Crippen LogP contribution < -0.4 is 0 Å². The first-order valence-electron chi connectivity index (χ1n) is 10.6. The zero-order valence-electron chi connectivity index (χ0n) is 18.1. The highest BCUT2D eigenvalue weighted by molar-refractivity contribution is 5.45. The van der Waals surface area contributed by atoms with Crippen LogP contribution in [0, 0.1) is 10.8 Å². The number of benzene rings is 1. The molecule has 0 aliphatic carbocycles. The molecule has 1 aromatic carbocycles. The molecule has 1 aromatic rings. The molecule has 2 heteroatoms. The van der Waals surface area contributed by atoms with Crippen molar-refractivity contribution in [2.75, 3.05) is 0 Å². The van der Waals surface area contributed by atoms with Crippen LogP contribution in [0.25, 0.3) is 0 Å². The van der Waals surface area contributed by atoms with Gasteiger partial charge in [-0.2, -0.15) is 0 Å². The Morgan fingerprint density at radius 1 is 0.692 bits per heavy atom. The van der Waals surface area contributed by atoms with E-state index in [9.17, 15) is 10.2 Å². The smallest absolute Gasteiger partial charge is 0.157 e. The maximum atomic E-state index is 9.90. The van der Waals surface area contributed by atoms with Gasteiger partial charge in [-0.3, -0.25) is 0 Å². The van der Waals surface area contributed by atoms with E-state index in [0.717, 1.165) is 25.7 Å². The molecule has 0 atom stereocenters. The Balaban J connectivity index is 2.55. The van der Waals surface area contributed by atoms with Crippen molar-refractivity contribution in [3.05, 3.63) is 23.3 Å². The van der Waals surface area contributed by atoms with Crippen LogP contribution in [-0.4, -0.2) is 10.2 Å². The highest BCUT2D eigenvalue weighted by Crippen LogP contribution is 2.32. The lowest BCUT2D eigenvalue weighted by Gasteiger charge is -2.22. The standard InChI is InChI=1S/C24H42O2/c1-7-24(5,6)16-12-10-14-20-18-22(26)21(25)17-19(20)13-9-8-11-15-23(2,3)4/h17-18,25-26H,7-16H2,1-6H3. The third-order valence-electron chi connectivity index (χ3n) is 5.68. The first-order chi connectivity index (χ1) is 12.0. The summed E-state index contributed by atoms with van der Waals surface area (Å²) >= 11 is 0. The van der Waals surface area contributed by atoms with Crippen molar-refractivity contribution >= 4 is 0 Å². The van der Waals surface area contributed by atoms with Crippen LogP contribution in [0.15, 0.2) is 12.1 Å². The van der Waals surface area contributed by atoms with Gasteiger partial charge in [-0.15, -0.1) is 0 Å². The molecule has 0 fully saturated rings. The minimum Gasteiger partial charge on any atom is -0.504 e. The van der Waals surface area contributed by atoms with Crippen LogP contribution in [0.4, 0.5) is 0 Å². The molecular formula is C24H42O2. The number of aryl methyl sites for hydroxylation is 2. The largest absolute Gasteiger partial charge is 0.504 e. The molecule has 1 rings (SSSR count). The van der Waals surface area contributed by atoms with Crippen molar-refractivity contribution in [1.29, 1.82) is 0 Å². The van der Waals surface area contributed by atoms with Gasteiger partial charge >= 0.3 is 0 Å². The number of hydrogen-bond donors (Lipinski definition) is 2. The monoisotopic (exact) mass is 362 g/mol. The van der Waals surface area contributed by atoms with Gasteiger partial charge in [-0.1, -0.05) is 67.2 Å². The lowest BCUT2D eigenvalue weighted by atomic mass is 9.84. The van der Waals surface area contributed by atoms with Gasteiger partial charge in [0.1, 0.15) is 0 Å². The fourth-order valence-electron chi connectivity index (χ4n) is 3.37. The van der Waals surface area contributed by atoms with Gasteiger partial charge in [0.05, 0.1) is 0 Å². The molecule has 0 heterocycles. The first-order valence-corrected chi connectivity index (χ1v) is 10.6. The fourth-order valence-corrected chi connectivity index (χ4v) is 3.37. The summed E-state index contributed by atoms with van der Waals surface area (Å²) < 4.78 is 0. The minimum atomic E-state index is 0.0189. The second-order valence-corrected chi connectivity index (χ2v) is 9.96. The summed E-state index contributed by atoms with van der Waals surface area (Å²) in [6.07, 6.45) is 11.7. The number of rotatable bonds is 11. The Labute approximate surface area is 162 Å². The van der Waals surface area contributed by atoms with Gasteiger partial charge in [0.25, 0.3) is 0 Å². The van der Waals surface area contributed by atoms with E-state index in [1.54, 1.807) is 12.1 Å². The zero-order valence-corrected chi connectivity index (χ0v) is 18.1. The Hall–Kier alpha value is -1.18. The average molecular weight is 363 g/mol. The summed E-state index contributed by atoms with van der Waals surface area (Å²) in [6, 6.07) is 3.56. The SMILES string of the molecule is CCC(C)(C)CCCCc1cc(O)c(O)cc1CCCCCC(C)(C)C. The maximum absolute atomic E-state index is 9.90. The molecule has 26 heavy (non-hydrogen) atoms. The molecule has 0 unspecified atom stereocenters. The van der Waals surface area contributed by atoms with Crippen LogP contribution in [0.5, 0.6) is 11.5 Å². The Kier molecular flexibility index (Phi) is 9.00. The number of aromatic hydroxyl groups is 2. The van der Waals surface area contributed by atoms with E-state index in [2.05, 4.69) is 41.5 Å². The quantitative estimate of drug-likeness (QED) is 0.318. The number of hydrogen-bond acceptors (Lipinski definition) is 2. The average Bonchev–Trinajstić information content (AvgIpc) is 2.54. The van der Waals surface area contributed by atoms with Gasteiger partial charge in [0.15, 0.2) is 11.5 Å². The maximum Gasteiger partial charge on any atom is 0.157 e. The predicted octanol–water partition coefficient (Wildman–Crippen LogP) is 7.40. The Morgan fingerprint density at radius 3 is 1.62 bits per heavy atom. The van der Waals surface area contributed by atoms with Gasteiger partial charge in [-0.25, -0.2) is 0 Å². The lowest BCUT2D eigenvalue weighted by Crippen LogP contribution is -2.09. The van der Waals surface area contributed by atoms with Crippen molar-refractivity contribution in [1.82, 2.24) is 0 Å². The third-order valence-corrected chi connectivity index (χ3v) is 5.68. The Morgan fingerprint density at radius 2 is 1.15 bits per heavy atom. The molecular weight excluding hydrogens is 320 g/mol. The predicted molar refractivity (Wildman–Crippen MR) is 113 cm³/mol. The van der Waals surface area contributed by atoms with Gasteiger partial charge in [0, 0.05) is 0 Å². The summed E-state index contributed by atoms with van der Waals surface area (Å²) in [4.78, 5) is 0. The third kappa shape index (κ3) is 8.96. The second-order valence-electron chi connectivity index (χ2n) is 9.96. The van der Waals surface area contributed by atoms with E-state index < -0.39 is 0 Å². The van der Waals surface area contributed by atoms with Crippen LogP contribution in [0.3, 0.4) is 0 Å². The van der Waals surface area contributed by atoms with Gasteiger partial charge in [0.2, 0.25) is 0 Å². The molecule has 0 aromatic heterocycles. The van der Waals surface area contributed by atoms with E-state index in [-0.39, 0.29) is 11.5 Å². The van der Waals surface area contributed by atoms with E-state index in [4.69, 9.17) is 0 Å². The van der Waals surface area contributed by atoms with Crippen molar-refractivity contribution in [2.24, 2.45) is 10.8 Å². The number of phenolic OH excluding ortho intramolecular Hbond substituents is 2.